The first-order chi connectivity index (χ1) is 8.63. The monoisotopic (exact) mass is 264 g/mol. The predicted molar refractivity (Wildman–Crippen MR) is 72.8 cm³/mol. The molecule has 1 N–H and O–H groups in total. The van der Waals surface area contributed by atoms with Crippen molar-refractivity contribution in [3.63, 3.8) is 0 Å². The zero-order chi connectivity index (χ0) is 13.1. The summed E-state index contributed by atoms with van der Waals surface area (Å²) in [5.41, 5.74) is 2.67. The summed E-state index contributed by atoms with van der Waals surface area (Å²) in [7, 11) is 0. The lowest BCUT2D eigenvalue weighted by molar-refractivity contribution is 0.206. The second-order valence-electron chi connectivity index (χ2n) is 4.38. The highest BCUT2D eigenvalue weighted by atomic mass is 35.5. The molecule has 96 valence electrons. The van der Waals surface area contributed by atoms with E-state index in [0.29, 0.717) is 5.02 Å². The van der Waals surface area contributed by atoms with Gasteiger partial charge in [-0.2, -0.15) is 5.10 Å². The molecule has 0 saturated carbocycles. The van der Waals surface area contributed by atoms with Crippen molar-refractivity contribution in [2.45, 2.75) is 32.9 Å². The van der Waals surface area contributed by atoms with Gasteiger partial charge in [0.05, 0.1) is 5.69 Å². The third kappa shape index (κ3) is 2.57. The molecule has 1 aromatic carbocycles. The molecule has 1 heterocycles. The number of benzene rings is 1. The molecular weight excluding hydrogens is 248 g/mol. The van der Waals surface area contributed by atoms with Crippen LogP contribution in [0.1, 0.15) is 36.3 Å². The minimum Gasteiger partial charge on any atom is -0.382 e. The summed E-state index contributed by atoms with van der Waals surface area (Å²) in [6, 6.07) is 7.41. The molecule has 0 aliphatic carbocycles. The van der Waals surface area contributed by atoms with E-state index in [1.54, 1.807) is 6.20 Å². The number of hydrogen-bond donors (Lipinski definition) is 1. The van der Waals surface area contributed by atoms with Crippen LogP contribution in [0.4, 0.5) is 0 Å². The van der Waals surface area contributed by atoms with E-state index in [1.807, 2.05) is 35.9 Å². The fourth-order valence-corrected chi connectivity index (χ4v) is 2.22. The summed E-state index contributed by atoms with van der Waals surface area (Å²) in [5.74, 6) is 0. The van der Waals surface area contributed by atoms with Crippen LogP contribution in [-0.4, -0.2) is 14.9 Å². The van der Waals surface area contributed by atoms with Crippen molar-refractivity contribution in [2.75, 3.05) is 0 Å². The Morgan fingerprint density at radius 3 is 2.89 bits per heavy atom. The van der Waals surface area contributed by atoms with Crippen molar-refractivity contribution in [1.29, 1.82) is 0 Å². The number of hydrogen-bond acceptors (Lipinski definition) is 2. The second kappa shape index (κ2) is 5.55. The maximum atomic E-state index is 10.5. The number of rotatable bonds is 4. The van der Waals surface area contributed by atoms with Gasteiger partial charge in [-0.1, -0.05) is 24.6 Å². The molecule has 0 fully saturated rings. The average molecular weight is 265 g/mol. The smallest absolute Gasteiger partial charge is 0.121 e. The third-order valence-corrected chi connectivity index (χ3v) is 3.24. The van der Waals surface area contributed by atoms with Gasteiger partial charge in [0, 0.05) is 17.8 Å². The lowest BCUT2D eigenvalue weighted by Crippen LogP contribution is -2.11. The van der Waals surface area contributed by atoms with E-state index in [-0.39, 0.29) is 0 Å². The molecule has 1 unspecified atom stereocenters. The van der Waals surface area contributed by atoms with E-state index < -0.39 is 6.10 Å². The van der Waals surface area contributed by atoms with Gasteiger partial charge in [0.15, 0.2) is 0 Å². The van der Waals surface area contributed by atoms with Crippen molar-refractivity contribution in [3.8, 4) is 0 Å². The summed E-state index contributed by atoms with van der Waals surface area (Å²) in [5, 5.41) is 15.3. The van der Waals surface area contributed by atoms with Crippen molar-refractivity contribution < 1.29 is 5.11 Å². The van der Waals surface area contributed by atoms with E-state index in [9.17, 15) is 5.11 Å². The van der Waals surface area contributed by atoms with Crippen molar-refractivity contribution >= 4 is 11.6 Å². The van der Waals surface area contributed by atoms with Crippen LogP contribution in [-0.2, 0) is 6.54 Å². The molecule has 0 aliphatic heterocycles. The minimum atomic E-state index is -0.683. The normalized spacial score (nSPS) is 12.7. The highest BCUT2D eigenvalue weighted by Gasteiger charge is 2.17. The summed E-state index contributed by atoms with van der Waals surface area (Å²) in [4.78, 5) is 0. The van der Waals surface area contributed by atoms with Crippen molar-refractivity contribution in [3.05, 3.63) is 52.3 Å². The van der Waals surface area contributed by atoms with Crippen LogP contribution in [0.5, 0.6) is 0 Å². The van der Waals surface area contributed by atoms with Gasteiger partial charge in [-0.25, -0.2) is 0 Å². The van der Waals surface area contributed by atoms with Crippen LogP contribution >= 0.6 is 11.6 Å². The highest BCUT2D eigenvalue weighted by Crippen LogP contribution is 2.27. The van der Waals surface area contributed by atoms with Crippen molar-refractivity contribution in [1.82, 2.24) is 9.78 Å². The number of aryl methyl sites for hydroxylation is 2. The van der Waals surface area contributed by atoms with Gasteiger partial charge in [-0.05, 0) is 42.7 Å². The van der Waals surface area contributed by atoms with Crippen LogP contribution in [0.2, 0.25) is 5.02 Å². The third-order valence-electron chi connectivity index (χ3n) is 3.00. The summed E-state index contributed by atoms with van der Waals surface area (Å²) < 4.78 is 1.84. The maximum absolute atomic E-state index is 10.5. The summed E-state index contributed by atoms with van der Waals surface area (Å²) >= 11 is 5.99. The topological polar surface area (TPSA) is 38.0 Å². The number of aliphatic hydroxyl groups is 1. The van der Waals surface area contributed by atoms with E-state index in [4.69, 9.17) is 11.6 Å². The van der Waals surface area contributed by atoms with Crippen LogP contribution in [0.15, 0.2) is 30.5 Å². The molecule has 1 atom stereocenters. The summed E-state index contributed by atoms with van der Waals surface area (Å²) in [6.45, 7) is 4.86. The summed E-state index contributed by atoms with van der Waals surface area (Å²) in [6.07, 6.45) is 2.02. The van der Waals surface area contributed by atoms with Gasteiger partial charge >= 0.3 is 0 Å². The van der Waals surface area contributed by atoms with Crippen LogP contribution in [0.3, 0.4) is 0 Å². The Kier molecular flexibility index (Phi) is 4.04. The van der Waals surface area contributed by atoms with Gasteiger partial charge in [0.2, 0.25) is 0 Å². The van der Waals surface area contributed by atoms with Gasteiger partial charge < -0.3 is 5.11 Å². The van der Waals surface area contributed by atoms with Gasteiger partial charge in [0.1, 0.15) is 6.10 Å². The van der Waals surface area contributed by atoms with Gasteiger partial charge in [-0.3, -0.25) is 4.68 Å². The first-order valence-electron chi connectivity index (χ1n) is 6.09. The average Bonchev–Trinajstić information content (AvgIpc) is 2.80. The SMILES string of the molecule is CCCn1nccc1C(O)c1cc(Cl)ccc1C. The van der Waals surface area contributed by atoms with E-state index in [0.717, 1.165) is 29.8 Å². The Balaban J connectivity index is 2.38. The predicted octanol–water partition coefficient (Wildman–Crippen LogP) is 3.34. The molecular formula is C14H17ClN2O. The highest BCUT2D eigenvalue weighted by molar-refractivity contribution is 6.30. The number of nitrogens with zero attached hydrogens (tertiary/aromatic N) is 2. The molecule has 0 bridgehead atoms. The Labute approximate surface area is 112 Å². The second-order valence-corrected chi connectivity index (χ2v) is 4.82. The molecule has 4 heteroatoms. The molecule has 0 amide bonds. The first kappa shape index (κ1) is 13.1. The molecule has 0 aliphatic rings. The fraction of sp³-hybridized carbons (Fsp3) is 0.357. The lowest BCUT2D eigenvalue weighted by atomic mass is 10.0. The molecule has 0 radical (unpaired) electrons. The Hall–Kier alpha value is -1.32. The first-order valence-corrected chi connectivity index (χ1v) is 6.47. The van der Waals surface area contributed by atoms with E-state index in [2.05, 4.69) is 12.0 Å². The van der Waals surface area contributed by atoms with Crippen LogP contribution < -0.4 is 0 Å². The van der Waals surface area contributed by atoms with Gasteiger partial charge in [0.25, 0.3) is 0 Å². The zero-order valence-electron chi connectivity index (χ0n) is 10.6. The van der Waals surface area contributed by atoms with E-state index in [1.165, 1.54) is 0 Å². The molecule has 2 aromatic rings. The standard InChI is InChI=1S/C14H17ClN2O/c1-3-8-17-13(6-7-16-17)14(18)12-9-11(15)5-4-10(12)2/h4-7,9,14,18H,3,8H2,1-2H3. The Morgan fingerprint density at radius 1 is 1.39 bits per heavy atom. The molecule has 3 nitrogen and oxygen atoms in total. The van der Waals surface area contributed by atoms with Gasteiger partial charge in [-0.15, -0.1) is 0 Å². The molecule has 2 rings (SSSR count). The minimum absolute atomic E-state index is 0.635. The zero-order valence-corrected chi connectivity index (χ0v) is 11.4. The number of halogens is 1. The Bertz CT molecular complexity index is 536. The number of aromatic nitrogens is 2. The molecule has 0 spiro atoms. The number of aliphatic hydroxyl groups excluding tert-OH is 1. The van der Waals surface area contributed by atoms with Crippen LogP contribution in [0.25, 0.3) is 0 Å². The Morgan fingerprint density at radius 2 is 2.17 bits per heavy atom. The van der Waals surface area contributed by atoms with Crippen LogP contribution in [0, 0.1) is 6.92 Å². The maximum Gasteiger partial charge on any atom is 0.121 e. The van der Waals surface area contributed by atoms with Crippen molar-refractivity contribution in [2.24, 2.45) is 0 Å². The molecule has 1 aromatic heterocycles. The largest absolute Gasteiger partial charge is 0.382 e. The molecule has 0 saturated heterocycles. The molecule has 18 heavy (non-hydrogen) atoms. The lowest BCUT2D eigenvalue weighted by Gasteiger charge is -2.16. The quantitative estimate of drug-likeness (QED) is 0.920. The fourth-order valence-electron chi connectivity index (χ4n) is 2.04. The van der Waals surface area contributed by atoms with E-state index >= 15 is 0 Å².